The van der Waals surface area contributed by atoms with Gasteiger partial charge in [-0.2, -0.15) is 5.26 Å². The zero-order chi connectivity index (χ0) is 22.4. The van der Waals surface area contributed by atoms with Crippen molar-refractivity contribution < 1.29 is 4.74 Å². The maximum Gasteiger partial charge on any atom is 0.0991 e. The first-order chi connectivity index (χ1) is 15.8. The number of rotatable bonds is 13. The molecule has 0 saturated carbocycles. The predicted octanol–water partition coefficient (Wildman–Crippen LogP) is 8.20. The molecule has 0 aliphatic heterocycles. The fourth-order valence-electron chi connectivity index (χ4n) is 4.03. The Labute approximate surface area is 193 Å². The summed E-state index contributed by atoms with van der Waals surface area (Å²) in [5.74, 6) is 0. The molecule has 0 radical (unpaired) electrons. The molecule has 0 atom stereocenters. The third-order valence-corrected chi connectivity index (χ3v) is 5.93. The summed E-state index contributed by atoms with van der Waals surface area (Å²) >= 11 is 0. The van der Waals surface area contributed by atoms with Crippen molar-refractivity contribution in [2.24, 2.45) is 0 Å². The number of hydrogen-bond donors (Lipinski definition) is 0. The Kier molecular flexibility index (Phi) is 10.0. The lowest BCUT2D eigenvalue weighted by molar-refractivity contribution is 0.133. The van der Waals surface area contributed by atoms with Crippen LogP contribution in [0.15, 0.2) is 72.8 Å². The van der Waals surface area contributed by atoms with Gasteiger partial charge in [0.05, 0.1) is 18.2 Å². The van der Waals surface area contributed by atoms with Crippen molar-refractivity contribution in [1.82, 2.24) is 0 Å². The van der Waals surface area contributed by atoms with Crippen molar-refractivity contribution >= 4 is 0 Å². The molecule has 166 valence electrons. The van der Waals surface area contributed by atoms with Gasteiger partial charge in [-0.05, 0) is 52.8 Å². The van der Waals surface area contributed by atoms with Gasteiger partial charge in [-0.25, -0.2) is 0 Å². The van der Waals surface area contributed by atoms with E-state index in [0.29, 0.717) is 5.56 Å². The largest absolute Gasteiger partial charge is 0.381 e. The van der Waals surface area contributed by atoms with E-state index >= 15 is 0 Å². The van der Waals surface area contributed by atoms with Crippen LogP contribution in [-0.4, -0.2) is 13.2 Å². The summed E-state index contributed by atoms with van der Waals surface area (Å²) in [4.78, 5) is 0. The Morgan fingerprint density at radius 3 is 2.09 bits per heavy atom. The molecule has 0 aliphatic carbocycles. The highest BCUT2D eigenvalue weighted by atomic mass is 16.5. The lowest BCUT2D eigenvalue weighted by atomic mass is 9.92. The number of benzene rings is 3. The average molecular weight is 426 g/mol. The van der Waals surface area contributed by atoms with Gasteiger partial charge in [0.2, 0.25) is 0 Å². The van der Waals surface area contributed by atoms with E-state index in [-0.39, 0.29) is 0 Å². The fourth-order valence-corrected chi connectivity index (χ4v) is 4.03. The van der Waals surface area contributed by atoms with E-state index in [0.717, 1.165) is 41.9 Å². The third-order valence-electron chi connectivity index (χ3n) is 5.93. The van der Waals surface area contributed by atoms with Gasteiger partial charge >= 0.3 is 0 Å². The second-order valence-electron chi connectivity index (χ2n) is 8.42. The molecule has 3 rings (SSSR count). The Bertz CT molecular complexity index is 970. The molecule has 32 heavy (non-hydrogen) atoms. The maximum absolute atomic E-state index is 9.37. The van der Waals surface area contributed by atoms with Crippen LogP contribution in [0.1, 0.15) is 63.0 Å². The van der Waals surface area contributed by atoms with E-state index in [1.807, 2.05) is 30.3 Å². The second kappa shape index (κ2) is 13.5. The number of nitrogens with zero attached hydrogens (tertiary/aromatic N) is 1. The topological polar surface area (TPSA) is 33.0 Å². The summed E-state index contributed by atoms with van der Waals surface area (Å²) in [6, 6.07) is 27.2. The Balaban J connectivity index is 1.52. The molecule has 0 aliphatic rings. The summed E-state index contributed by atoms with van der Waals surface area (Å²) < 4.78 is 5.85. The third kappa shape index (κ3) is 7.36. The van der Waals surface area contributed by atoms with E-state index in [2.05, 4.69) is 55.5 Å². The molecule has 0 aromatic heterocycles. The van der Waals surface area contributed by atoms with Crippen molar-refractivity contribution in [2.45, 2.75) is 58.3 Å². The van der Waals surface area contributed by atoms with Gasteiger partial charge in [-0.3, -0.25) is 0 Å². The standard InChI is InChI=1S/C30H35NO/c1-2-3-4-5-6-7-11-21-32-22-20-25-14-17-28(18-15-25)30-23-26(24-31)16-19-29(30)27-12-9-8-10-13-27/h8-10,12-19,23H,2-7,11,20-22H2,1H3. The molecule has 3 aromatic carbocycles. The van der Waals surface area contributed by atoms with Crippen LogP contribution in [0, 0.1) is 11.3 Å². The van der Waals surface area contributed by atoms with Crippen molar-refractivity contribution in [3.8, 4) is 28.3 Å². The normalized spacial score (nSPS) is 10.8. The minimum atomic E-state index is 0.683. The minimum Gasteiger partial charge on any atom is -0.381 e. The van der Waals surface area contributed by atoms with E-state index in [4.69, 9.17) is 4.74 Å². The van der Waals surface area contributed by atoms with Crippen LogP contribution in [0.2, 0.25) is 0 Å². The number of hydrogen-bond acceptors (Lipinski definition) is 2. The van der Waals surface area contributed by atoms with Crippen LogP contribution in [0.25, 0.3) is 22.3 Å². The molecule has 0 amide bonds. The predicted molar refractivity (Wildman–Crippen MR) is 135 cm³/mol. The summed E-state index contributed by atoms with van der Waals surface area (Å²) in [5.41, 5.74) is 6.50. The lowest BCUT2D eigenvalue weighted by Gasteiger charge is -2.12. The van der Waals surface area contributed by atoms with E-state index in [9.17, 15) is 5.26 Å². The molecule has 0 unspecified atom stereocenters. The van der Waals surface area contributed by atoms with Crippen LogP contribution < -0.4 is 0 Å². The first-order valence-electron chi connectivity index (χ1n) is 12.1. The van der Waals surface area contributed by atoms with Crippen molar-refractivity contribution in [1.29, 1.82) is 5.26 Å². The Hall–Kier alpha value is -2.89. The van der Waals surface area contributed by atoms with Crippen LogP contribution >= 0.6 is 0 Å². The highest BCUT2D eigenvalue weighted by molar-refractivity contribution is 5.84. The molecule has 0 spiro atoms. The number of unbranched alkanes of at least 4 members (excludes halogenated alkanes) is 6. The van der Waals surface area contributed by atoms with Crippen molar-refractivity contribution in [2.75, 3.05) is 13.2 Å². The highest BCUT2D eigenvalue weighted by Crippen LogP contribution is 2.33. The molecule has 2 nitrogen and oxygen atoms in total. The van der Waals surface area contributed by atoms with Crippen LogP contribution in [0.4, 0.5) is 0 Å². The Morgan fingerprint density at radius 1 is 0.688 bits per heavy atom. The van der Waals surface area contributed by atoms with Gasteiger partial charge in [-0.1, -0.05) is 106 Å². The second-order valence-corrected chi connectivity index (χ2v) is 8.42. The zero-order valence-corrected chi connectivity index (χ0v) is 19.4. The highest BCUT2D eigenvalue weighted by Gasteiger charge is 2.09. The van der Waals surface area contributed by atoms with Crippen LogP contribution in [0.5, 0.6) is 0 Å². The summed E-state index contributed by atoms with van der Waals surface area (Å²) in [6.45, 7) is 3.90. The summed E-state index contributed by atoms with van der Waals surface area (Å²) in [5, 5.41) is 9.37. The quantitative estimate of drug-likeness (QED) is 0.259. The SMILES string of the molecule is CCCCCCCCCOCCc1ccc(-c2cc(C#N)ccc2-c2ccccc2)cc1. The van der Waals surface area contributed by atoms with Gasteiger partial charge in [0.25, 0.3) is 0 Å². The first kappa shape index (κ1) is 23.8. The molecular formula is C30H35NO. The summed E-state index contributed by atoms with van der Waals surface area (Å²) in [7, 11) is 0. The number of ether oxygens (including phenoxy) is 1. The molecule has 0 N–H and O–H groups in total. The van der Waals surface area contributed by atoms with Gasteiger partial charge in [-0.15, -0.1) is 0 Å². The Morgan fingerprint density at radius 2 is 1.38 bits per heavy atom. The molecule has 2 heteroatoms. The van der Waals surface area contributed by atoms with E-state index in [1.54, 1.807) is 0 Å². The summed E-state index contributed by atoms with van der Waals surface area (Å²) in [6.07, 6.45) is 10.1. The van der Waals surface area contributed by atoms with E-state index in [1.165, 1.54) is 50.5 Å². The molecular weight excluding hydrogens is 390 g/mol. The minimum absolute atomic E-state index is 0.683. The van der Waals surface area contributed by atoms with Crippen molar-refractivity contribution in [3.05, 3.63) is 83.9 Å². The van der Waals surface area contributed by atoms with Crippen LogP contribution in [-0.2, 0) is 11.2 Å². The monoisotopic (exact) mass is 425 g/mol. The van der Waals surface area contributed by atoms with Gasteiger partial charge < -0.3 is 4.74 Å². The molecule has 0 saturated heterocycles. The average Bonchev–Trinajstić information content (AvgIpc) is 2.86. The maximum atomic E-state index is 9.37. The van der Waals surface area contributed by atoms with Crippen molar-refractivity contribution in [3.63, 3.8) is 0 Å². The lowest BCUT2D eigenvalue weighted by Crippen LogP contribution is -2.00. The van der Waals surface area contributed by atoms with Gasteiger partial charge in [0, 0.05) is 6.61 Å². The molecule has 3 aromatic rings. The molecule has 0 heterocycles. The van der Waals surface area contributed by atoms with E-state index < -0.39 is 0 Å². The first-order valence-corrected chi connectivity index (χ1v) is 12.1. The fraction of sp³-hybridized carbons (Fsp3) is 0.367. The van der Waals surface area contributed by atoms with Gasteiger partial charge in [0.15, 0.2) is 0 Å². The van der Waals surface area contributed by atoms with Crippen LogP contribution in [0.3, 0.4) is 0 Å². The smallest absolute Gasteiger partial charge is 0.0991 e. The zero-order valence-electron chi connectivity index (χ0n) is 19.4. The molecule has 0 bridgehead atoms. The number of nitriles is 1. The van der Waals surface area contributed by atoms with Gasteiger partial charge in [0.1, 0.15) is 0 Å². The molecule has 0 fully saturated rings.